The second-order valence-electron chi connectivity index (χ2n) is 13.6. The highest BCUT2D eigenvalue weighted by Gasteiger charge is 2.40. The maximum atomic E-state index is 13.3. The number of amides is 2. The zero-order valence-corrected chi connectivity index (χ0v) is 28.1. The molecule has 2 aliphatic rings. The van der Waals surface area contributed by atoms with Crippen molar-refractivity contribution in [3.63, 3.8) is 0 Å². The molecule has 2 aromatic heterocycles. The van der Waals surface area contributed by atoms with Crippen molar-refractivity contribution < 1.29 is 17.9 Å². The molecule has 6 rings (SSSR count). The number of carbonyl (C=O) groups excluding carboxylic acids is 1. The van der Waals surface area contributed by atoms with Gasteiger partial charge in [0.15, 0.2) is 11.5 Å². The molecule has 3 heterocycles. The van der Waals surface area contributed by atoms with Crippen molar-refractivity contribution in [2.24, 2.45) is 0 Å². The van der Waals surface area contributed by atoms with Gasteiger partial charge in [0.2, 0.25) is 10.0 Å². The van der Waals surface area contributed by atoms with Crippen LogP contribution in [-0.2, 0) is 21.0 Å². The quantitative estimate of drug-likeness (QED) is 0.237. The zero-order valence-electron chi connectivity index (χ0n) is 27.3. The Bertz CT molecular complexity index is 1880. The number of carbonyl (C=O) groups is 1. The number of aromatic nitrogens is 3. The molecule has 2 aromatic carbocycles. The molecule has 4 aromatic rings. The first-order valence-electron chi connectivity index (χ1n) is 15.8. The molecule has 0 saturated carbocycles. The molecule has 11 nitrogen and oxygen atoms in total. The molecule has 244 valence electrons. The van der Waals surface area contributed by atoms with Crippen LogP contribution in [0.2, 0.25) is 0 Å². The Balaban J connectivity index is 1.21. The molecule has 0 bridgehead atoms. The summed E-state index contributed by atoms with van der Waals surface area (Å²) >= 11 is 0. The number of urea groups is 1. The van der Waals surface area contributed by atoms with E-state index in [4.69, 9.17) is 4.74 Å². The number of nitrogens with one attached hydrogen (secondary N) is 3. The molecule has 2 amide bonds. The van der Waals surface area contributed by atoms with Gasteiger partial charge in [-0.1, -0.05) is 45.0 Å². The SMILES string of the molecule is CNS(=O)(=O)c1cc(NC(=O)N[C@H]2CC[C@@H](Oc3ccc4nnc(C5(C)CCCN5C)n4c3)c3ccccc32)cc(C(C)(C)C)c1. The maximum Gasteiger partial charge on any atom is 0.319 e. The van der Waals surface area contributed by atoms with Gasteiger partial charge in [-0.25, -0.2) is 17.9 Å². The topological polar surface area (TPSA) is 130 Å². The highest BCUT2D eigenvalue weighted by atomic mass is 32.2. The summed E-state index contributed by atoms with van der Waals surface area (Å²) in [6.45, 7) is 9.23. The molecule has 1 aliphatic heterocycles. The fourth-order valence-electron chi connectivity index (χ4n) is 6.58. The van der Waals surface area contributed by atoms with Crippen molar-refractivity contribution in [3.8, 4) is 5.75 Å². The summed E-state index contributed by atoms with van der Waals surface area (Å²) in [4.78, 5) is 15.7. The summed E-state index contributed by atoms with van der Waals surface area (Å²) in [6.07, 6.45) is 5.28. The number of hydrogen-bond donors (Lipinski definition) is 3. The summed E-state index contributed by atoms with van der Waals surface area (Å²) in [6, 6.07) is 16.2. The average Bonchev–Trinajstić information content (AvgIpc) is 3.60. The van der Waals surface area contributed by atoms with Gasteiger partial charge in [-0.15, -0.1) is 10.2 Å². The van der Waals surface area contributed by atoms with Crippen molar-refractivity contribution >= 4 is 27.4 Å². The lowest BCUT2D eigenvalue weighted by Crippen LogP contribution is -2.37. The Hall–Kier alpha value is -4.00. The van der Waals surface area contributed by atoms with Crippen molar-refractivity contribution in [1.29, 1.82) is 0 Å². The molecular weight excluding hydrogens is 602 g/mol. The van der Waals surface area contributed by atoms with Gasteiger partial charge in [0.05, 0.1) is 22.7 Å². The monoisotopic (exact) mass is 645 g/mol. The predicted octanol–water partition coefficient (Wildman–Crippen LogP) is 5.65. The van der Waals surface area contributed by atoms with E-state index in [2.05, 4.69) is 44.4 Å². The maximum absolute atomic E-state index is 13.3. The number of likely N-dealkylation sites (tertiary alicyclic amines) is 1. The number of anilines is 1. The molecule has 0 spiro atoms. The van der Waals surface area contributed by atoms with Gasteiger partial charge in [-0.2, -0.15) is 0 Å². The van der Waals surface area contributed by atoms with Crippen LogP contribution in [0.1, 0.15) is 88.0 Å². The van der Waals surface area contributed by atoms with Gasteiger partial charge in [-0.05, 0) is 106 Å². The van der Waals surface area contributed by atoms with E-state index in [9.17, 15) is 13.2 Å². The summed E-state index contributed by atoms with van der Waals surface area (Å²) in [5.74, 6) is 1.64. The zero-order chi connectivity index (χ0) is 32.9. The number of ether oxygens (including phenoxy) is 1. The van der Waals surface area contributed by atoms with Crippen LogP contribution in [0.5, 0.6) is 5.75 Å². The first-order chi connectivity index (χ1) is 21.8. The molecule has 1 aliphatic carbocycles. The Kier molecular flexibility index (Phi) is 8.32. The smallest absolute Gasteiger partial charge is 0.319 e. The predicted molar refractivity (Wildman–Crippen MR) is 178 cm³/mol. The van der Waals surface area contributed by atoms with E-state index < -0.39 is 16.1 Å². The van der Waals surface area contributed by atoms with Crippen LogP contribution in [0.25, 0.3) is 5.65 Å². The van der Waals surface area contributed by atoms with Crippen molar-refractivity contribution in [1.82, 2.24) is 29.5 Å². The van der Waals surface area contributed by atoms with E-state index in [1.165, 1.54) is 13.1 Å². The van der Waals surface area contributed by atoms with Gasteiger partial charge in [0.25, 0.3) is 0 Å². The molecular formula is C34H43N7O4S. The number of sulfonamides is 1. The van der Waals surface area contributed by atoms with Crippen LogP contribution in [0.15, 0.2) is 65.7 Å². The van der Waals surface area contributed by atoms with Gasteiger partial charge in [-0.3, -0.25) is 9.30 Å². The molecule has 12 heteroatoms. The van der Waals surface area contributed by atoms with Gasteiger partial charge >= 0.3 is 6.03 Å². The van der Waals surface area contributed by atoms with E-state index in [0.29, 0.717) is 18.5 Å². The van der Waals surface area contributed by atoms with E-state index in [1.807, 2.05) is 73.8 Å². The molecule has 0 radical (unpaired) electrons. The number of nitrogens with zero attached hydrogens (tertiary/aromatic N) is 4. The lowest BCUT2D eigenvalue weighted by atomic mass is 9.85. The number of hydrogen-bond acceptors (Lipinski definition) is 7. The second-order valence-corrected chi connectivity index (χ2v) is 15.5. The molecule has 1 fully saturated rings. The number of pyridine rings is 1. The molecule has 3 atom stereocenters. The minimum atomic E-state index is -3.71. The molecule has 1 saturated heterocycles. The van der Waals surface area contributed by atoms with Crippen LogP contribution in [0, 0.1) is 0 Å². The Morgan fingerprint density at radius 2 is 1.80 bits per heavy atom. The molecule has 3 N–H and O–H groups in total. The number of rotatable bonds is 7. The normalized spacial score (nSPS) is 22.0. The van der Waals surface area contributed by atoms with Crippen LogP contribution in [-0.4, -0.2) is 54.6 Å². The van der Waals surface area contributed by atoms with Crippen LogP contribution >= 0.6 is 0 Å². The fraction of sp³-hybridized carbons (Fsp3) is 0.441. The summed E-state index contributed by atoms with van der Waals surface area (Å²) in [7, 11) is -0.203. The third kappa shape index (κ3) is 6.08. The van der Waals surface area contributed by atoms with E-state index in [0.717, 1.165) is 53.3 Å². The van der Waals surface area contributed by atoms with Crippen LogP contribution < -0.4 is 20.1 Å². The first kappa shape index (κ1) is 32.0. The molecule has 1 unspecified atom stereocenters. The Morgan fingerprint density at radius 1 is 1.04 bits per heavy atom. The third-order valence-corrected chi connectivity index (χ3v) is 10.9. The number of benzene rings is 2. The fourth-order valence-corrected chi connectivity index (χ4v) is 7.38. The van der Waals surface area contributed by atoms with E-state index in [1.54, 1.807) is 6.07 Å². The summed E-state index contributed by atoms with van der Waals surface area (Å²) in [5, 5.41) is 15.0. The van der Waals surface area contributed by atoms with E-state index >= 15 is 0 Å². The van der Waals surface area contributed by atoms with Gasteiger partial charge in [0.1, 0.15) is 11.9 Å². The van der Waals surface area contributed by atoms with Gasteiger partial charge < -0.3 is 15.4 Å². The van der Waals surface area contributed by atoms with Crippen LogP contribution in [0.3, 0.4) is 0 Å². The average molecular weight is 646 g/mol. The van der Waals surface area contributed by atoms with Crippen molar-refractivity contribution in [2.45, 2.75) is 81.4 Å². The lowest BCUT2D eigenvalue weighted by molar-refractivity contribution is 0.170. The largest absolute Gasteiger partial charge is 0.484 e. The highest BCUT2D eigenvalue weighted by Crippen LogP contribution is 2.40. The standard InChI is InChI=1S/C34H43N7O4S/c1-33(2,3)22-18-23(20-25(19-22)46(43,44)35-5)36-32(42)37-28-13-14-29(27-11-8-7-10-26(27)28)45-24-12-15-30-38-39-31(41(30)21-24)34(4)16-9-17-40(34)6/h7-8,10-12,15,18-21,28-29,35H,9,13-14,16-17H2,1-6H3,(H2,36,37,42)/t28-,29+,34?/m0/s1. The summed E-state index contributed by atoms with van der Waals surface area (Å²) < 4.78 is 36.3. The second kappa shape index (κ2) is 12.0. The molecule has 46 heavy (non-hydrogen) atoms. The summed E-state index contributed by atoms with van der Waals surface area (Å²) in [5.41, 5.74) is 3.48. The first-order valence-corrected chi connectivity index (χ1v) is 17.3. The van der Waals surface area contributed by atoms with Gasteiger partial charge in [0, 0.05) is 5.69 Å². The Labute approximate surface area is 270 Å². The highest BCUT2D eigenvalue weighted by molar-refractivity contribution is 7.89. The Morgan fingerprint density at radius 3 is 2.50 bits per heavy atom. The van der Waals surface area contributed by atoms with Crippen LogP contribution in [0.4, 0.5) is 10.5 Å². The minimum absolute atomic E-state index is 0.0990. The van der Waals surface area contributed by atoms with E-state index in [-0.39, 0.29) is 28.0 Å². The van der Waals surface area contributed by atoms with Crippen molar-refractivity contribution in [3.05, 3.63) is 83.3 Å². The third-order valence-electron chi connectivity index (χ3n) is 9.49. The lowest BCUT2D eigenvalue weighted by Gasteiger charge is -2.32. The number of fused-ring (bicyclic) bond motifs is 2. The van der Waals surface area contributed by atoms with Crippen molar-refractivity contribution in [2.75, 3.05) is 26.0 Å². The minimum Gasteiger partial charge on any atom is -0.484 e.